The van der Waals surface area contributed by atoms with Crippen LogP contribution in [0, 0.1) is 12.7 Å². The van der Waals surface area contributed by atoms with E-state index in [-0.39, 0.29) is 11.9 Å². The van der Waals surface area contributed by atoms with Crippen LogP contribution in [0.4, 0.5) is 15.8 Å². The molecule has 114 valence electrons. The van der Waals surface area contributed by atoms with E-state index in [4.69, 9.17) is 0 Å². The summed E-state index contributed by atoms with van der Waals surface area (Å²) < 4.78 is 15.3. The topological polar surface area (TPSA) is 15.3 Å². The van der Waals surface area contributed by atoms with Crippen molar-refractivity contribution >= 4 is 38.6 Å². The zero-order valence-corrected chi connectivity index (χ0v) is 15.1. The number of benzene rings is 1. The van der Waals surface area contributed by atoms with Crippen molar-refractivity contribution in [2.24, 2.45) is 0 Å². The zero-order chi connectivity index (χ0) is 15.6. The second-order valence-corrected chi connectivity index (χ2v) is 7.54. The van der Waals surface area contributed by atoms with E-state index in [2.05, 4.69) is 34.2 Å². The molecule has 0 radical (unpaired) electrons. The van der Waals surface area contributed by atoms with Crippen LogP contribution in [0.15, 0.2) is 28.7 Å². The third-order valence-electron chi connectivity index (χ3n) is 3.48. The summed E-state index contributed by atoms with van der Waals surface area (Å²) in [5.41, 5.74) is 1.43. The molecule has 0 spiro atoms. The van der Waals surface area contributed by atoms with Crippen molar-refractivity contribution in [1.29, 1.82) is 0 Å². The minimum absolute atomic E-state index is 0.195. The highest BCUT2D eigenvalue weighted by Crippen LogP contribution is 2.28. The first kappa shape index (κ1) is 16.3. The van der Waals surface area contributed by atoms with Gasteiger partial charge in [0.05, 0.1) is 5.69 Å². The monoisotopic (exact) mass is 370 g/mol. The number of nitrogens with one attached hydrogen (secondary N) is 1. The van der Waals surface area contributed by atoms with E-state index < -0.39 is 0 Å². The van der Waals surface area contributed by atoms with Crippen molar-refractivity contribution in [1.82, 2.24) is 0 Å². The molecule has 0 bridgehead atoms. The van der Waals surface area contributed by atoms with Gasteiger partial charge in [0.15, 0.2) is 0 Å². The minimum atomic E-state index is -0.195. The Hall–Kier alpha value is -1.07. The number of thiophene rings is 1. The molecule has 1 N–H and O–H groups in total. The van der Waals surface area contributed by atoms with Gasteiger partial charge in [-0.05, 0) is 61.0 Å². The van der Waals surface area contributed by atoms with E-state index in [1.54, 1.807) is 17.4 Å². The molecule has 0 aliphatic heterocycles. The largest absolute Gasteiger partial charge is 0.380 e. The molecular formula is C16H20BrFN2S. The van der Waals surface area contributed by atoms with Crippen LogP contribution in [0.2, 0.25) is 0 Å². The molecule has 21 heavy (non-hydrogen) atoms. The summed E-state index contributed by atoms with van der Waals surface area (Å²) in [6, 6.07) is 7.68. The smallest absolute Gasteiger partial charge is 0.148 e. The lowest BCUT2D eigenvalue weighted by Gasteiger charge is -2.24. The molecule has 1 heterocycles. The molecule has 1 aromatic carbocycles. The van der Waals surface area contributed by atoms with E-state index in [1.165, 1.54) is 9.75 Å². The molecule has 0 atom stereocenters. The maximum absolute atomic E-state index is 14.2. The first-order valence-electron chi connectivity index (χ1n) is 6.89. The van der Waals surface area contributed by atoms with E-state index >= 15 is 0 Å². The molecule has 0 amide bonds. The van der Waals surface area contributed by atoms with E-state index in [1.807, 2.05) is 37.9 Å². The molecule has 5 heteroatoms. The van der Waals surface area contributed by atoms with Crippen LogP contribution in [0.3, 0.4) is 0 Å². The van der Waals surface area contributed by atoms with Gasteiger partial charge in [0, 0.05) is 39.5 Å². The quantitative estimate of drug-likeness (QED) is 0.756. The molecule has 2 aromatic rings. The Labute approximate surface area is 138 Å². The molecule has 0 fully saturated rings. The maximum Gasteiger partial charge on any atom is 0.148 e. The summed E-state index contributed by atoms with van der Waals surface area (Å²) in [4.78, 5) is 4.41. The van der Waals surface area contributed by atoms with Gasteiger partial charge in [0.1, 0.15) is 5.82 Å². The highest BCUT2D eigenvalue weighted by atomic mass is 79.9. The number of rotatable bonds is 5. The molecule has 1 aromatic heterocycles. The van der Waals surface area contributed by atoms with Gasteiger partial charge >= 0.3 is 0 Å². The Balaban J connectivity index is 2.06. The average Bonchev–Trinajstić information content (AvgIpc) is 2.75. The highest BCUT2D eigenvalue weighted by molar-refractivity contribution is 9.10. The van der Waals surface area contributed by atoms with Crippen LogP contribution in [0.25, 0.3) is 0 Å². The lowest BCUT2D eigenvalue weighted by Crippen LogP contribution is -2.26. The molecule has 0 saturated carbocycles. The summed E-state index contributed by atoms with van der Waals surface area (Å²) in [5, 5.41) is 3.27. The maximum atomic E-state index is 14.2. The zero-order valence-electron chi connectivity index (χ0n) is 12.7. The molecule has 0 unspecified atom stereocenters. The number of aryl methyl sites for hydroxylation is 1. The van der Waals surface area contributed by atoms with Crippen LogP contribution in [-0.4, -0.2) is 13.1 Å². The van der Waals surface area contributed by atoms with Gasteiger partial charge in [0.2, 0.25) is 0 Å². The fourth-order valence-electron chi connectivity index (χ4n) is 1.98. The van der Waals surface area contributed by atoms with Crippen molar-refractivity contribution in [3.63, 3.8) is 0 Å². The SMILES string of the molecule is Cc1sc(CNc2ccc(N(C)C(C)C)c(F)c2)cc1Br. The van der Waals surface area contributed by atoms with Gasteiger partial charge in [-0.2, -0.15) is 0 Å². The standard InChI is InChI=1S/C16H20BrFN2S/c1-10(2)20(4)16-6-5-12(7-15(16)18)19-9-13-8-14(17)11(3)21-13/h5-8,10,19H,9H2,1-4H3. The first-order chi connectivity index (χ1) is 9.88. The summed E-state index contributed by atoms with van der Waals surface area (Å²) in [5.74, 6) is -0.195. The summed E-state index contributed by atoms with van der Waals surface area (Å²) in [6.45, 7) is 6.87. The average molecular weight is 371 g/mol. The number of anilines is 2. The highest BCUT2D eigenvalue weighted by Gasteiger charge is 2.11. The van der Waals surface area contributed by atoms with Gasteiger partial charge in [-0.1, -0.05) is 0 Å². The second-order valence-electron chi connectivity index (χ2n) is 5.34. The second kappa shape index (κ2) is 6.79. The van der Waals surface area contributed by atoms with Crippen LogP contribution in [0.5, 0.6) is 0 Å². The molecule has 0 saturated heterocycles. The van der Waals surface area contributed by atoms with Gasteiger partial charge < -0.3 is 10.2 Å². The van der Waals surface area contributed by atoms with Crippen LogP contribution in [-0.2, 0) is 6.54 Å². The molecular weight excluding hydrogens is 351 g/mol. The first-order valence-corrected chi connectivity index (χ1v) is 8.50. The van der Waals surface area contributed by atoms with Crippen molar-refractivity contribution < 1.29 is 4.39 Å². The van der Waals surface area contributed by atoms with E-state index in [9.17, 15) is 4.39 Å². The van der Waals surface area contributed by atoms with Crippen molar-refractivity contribution in [2.45, 2.75) is 33.4 Å². The Morgan fingerprint density at radius 2 is 2.05 bits per heavy atom. The fourth-order valence-corrected chi connectivity index (χ4v) is 3.52. The van der Waals surface area contributed by atoms with Crippen LogP contribution >= 0.6 is 27.3 Å². The molecule has 0 aliphatic rings. The Bertz CT molecular complexity index is 605. The number of nitrogens with zero attached hydrogens (tertiary/aromatic N) is 1. The van der Waals surface area contributed by atoms with Gasteiger partial charge in [-0.3, -0.25) is 0 Å². The lowest BCUT2D eigenvalue weighted by atomic mass is 10.2. The molecule has 2 nitrogen and oxygen atoms in total. The van der Waals surface area contributed by atoms with Crippen LogP contribution in [0.1, 0.15) is 23.6 Å². The molecule has 0 aliphatic carbocycles. The van der Waals surface area contributed by atoms with Crippen LogP contribution < -0.4 is 10.2 Å². The lowest BCUT2D eigenvalue weighted by molar-refractivity contribution is 0.614. The van der Waals surface area contributed by atoms with E-state index in [0.717, 1.165) is 10.2 Å². The predicted octanol–water partition coefficient (Wildman–Crippen LogP) is 5.41. The number of halogens is 2. The van der Waals surface area contributed by atoms with Gasteiger partial charge in [0.25, 0.3) is 0 Å². The summed E-state index contributed by atoms with van der Waals surface area (Å²) in [6.07, 6.45) is 0. The predicted molar refractivity (Wildman–Crippen MR) is 94.0 cm³/mol. The third kappa shape index (κ3) is 3.98. The van der Waals surface area contributed by atoms with Crippen molar-refractivity contribution in [2.75, 3.05) is 17.3 Å². The normalized spacial score (nSPS) is 11.0. The number of hydrogen-bond acceptors (Lipinski definition) is 3. The Kier molecular flexibility index (Phi) is 5.27. The number of hydrogen-bond donors (Lipinski definition) is 1. The van der Waals surface area contributed by atoms with E-state index in [0.29, 0.717) is 12.2 Å². The van der Waals surface area contributed by atoms with Crippen molar-refractivity contribution in [3.8, 4) is 0 Å². The Morgan fingerprint density at radius 3 is 2.57 bits per heavy atom. The molecule has 2 rings (SSSR count). The van der Waals surface area contributed by atoms with Crippen molar-refractivity contribution in [3.05, 3.63) is 44.3 Å². The summed E-state index contributed by atoms with van der Waals surface area (Å²) >= 11 is 5.25. The minimum Gasteiger partial charge on any atom is -0.380 e. The fraction of sp³-hybridized carbons (Fsp3) is 0.375. The van der Waals surface area contributed by atoms with Gasteiger partial charge in [-0.15, -0.1) is 11.3 Å². The third-order valence-corrected chi connectivity index (χ3v) is 5.61. The summed E-state index contributed by atoms with van der Waals surface area (Å²) in [7, 11) is 1.90. The van der Waals surface area contributed by atoms with Gasteiger partial charge in [-0.25, -0.2) is 4.39 Å². The Morgan fingerprint density at radius 1 is 1.33 bits per heavy atom.